The molecule has 2 aromatic rings. The number of benzene rings is 2. The molecule has 0 spiro atoms. The van der Waals surface area contributed by atoms with Crippen LogP contribution in [0.4, 0.5) is 5.69 Å². The first-order valence-corrected chi connectivity index (χ1v) is 8.71. The Labute approximate surface area is 161 Å². The van der Waals surface area contributed by atoms with Gasteiger partial charge >= 0.3 is 5.97 Å². The molecule has 0 aromatic heterocycles. The van der Waals surface area contributed by atoms with Crippen LogP contribution in [0.5, 0.6) is 11.5 Å². The Hall–Kier alpha value is -3.55. The molecule has 1 aliphatic heterocycles. The van der Waals surface area contributed by atoms with Gasteiger partial charge in [0.2, 0.25) is 0 Å². The predicted octanol–water partition coefficient (Wildman–Crippen LogP) is 1.68. The van der Waals surface area contributed by atoms with Gasteiger partial charge in [-0.25, -0.2) is 0 Å². The number of hydrogen-bond donors (Lipinski definition) is 2. The number of carbonyl (C=O) groups excluding carboxylic acids is 3. The Bertz CT molecular complexity index is 896. The maximum Gasteiger partial charge on any atom is 0.325 e. The lowest BCUT2D eigenvalue weighted by Crippen LogP contribution is -2.32. The molecule has 0 fully saturated rings. The van der Waals surface area contributed by atoms with Crippen molar-refractivity contribution in [3.63, 3.8) is 0 Å². The van der Waals surface area contributed by atoms with E-state index in [0.717, 1.165) is 5.56 Å². The highest BCUT2D eigenvalue weighted by atomic mass is 16.6. The number of amides is 2. The number of fused-ring (bicyclic) bond motifs is 1. The Morgan fingerprint density at radius 2 is 1.82 bits per heavy atom. The summed E-state index contributed by atoms with van der Waals surface area (Å²) in [5.74, 6) is -0.449. The third kappa shape index (κ3) is 5.23. The molecule has 146 valence electrons. The number of nitrogens with one attached hydrogen (secondary N) is 2. The average molecular weight is 384 g/mol. The van der Waals surface area contributed by atoms with E-state index in [4.69, 9.17) is 14.2 Å². The first kappa shape index (κ1) is 19.2. The summed E-state index contributed by atoms with van der Waals surface area (Å²) in [6.45, 7) is 1.99. The van der Waals surface area contributed by atoms with Crippen LogP contribution in [-0.4, -0.2) is 44.1 Å². The fourth-order valence-corrected chi connectivity index (χ4v) is 2.56. The van der Waals surface area contributed by atoms with Crippen LogP contribution in [0.2, 0.25) is 0 Å². The summed E-state index contributed by atoms with van der Waals surface area (Å²) in [7, 11) is 0. The highest BCUT2D eigenvalue weighted by Crippen LogP contribution is 2.32. The van der Waals surface area contributed by atoms with E-state index in [-0.39, 0.29) is 12.5 Å². The molecule has 1 aliphatic rings. The van der Waals surface area contributed by atoms with Gasteiger partial charge < -0.3 is 24.8 Å². The normalized spacial score (nSPS) is 12.0. The maximum absolute atomic E-state index is 12.0. The lowest BCUT2D eigenvalue weighted by molar-refractivity contribution is -0.146. The quantitative estimate of drug-likeness (QED) is 0.735. The van der Waals surface area contributed by atoms with Gasteiger partial charge in [-0.3, -0.25) is 14.4 Å². The Morgan fingerprint density at radius 1 is 1.04 bits per heavy atom. The van der Waals surface area contributed by atoms with Gasteiger partial charge in [-0.1, -0.05) is 17.7 Å². The van der Waals surface area contributed by atoms with Gasteiger partial charge in [-0.05, 0) is 31.2 Å². The third-order valence-electron chi connectivity index (χ3n) is 3.86. The van der Waals surface area contributed by atoms with Gasteiger partial charge in [0.05, 0.1) is 0 Å². The van der Waals surface area contributed by atoms with Crippen molar-refractivity contribution in [3.8, 4) is 11.5 Å². The molecule has 0 aliphatic carbocycles. The molecule has 3 rings (SSSR count). The zero-order valence-corrected chi connectivity index (χ0v) is 15.3. The second kappa shape index (κ2) is 8.90. The van der Waals surface area contributed by atoms with E-state index in [9.17, 15) is 14.4 Å². The largest absolute Gasteiger partial charge is 0.486 e. The summed E-state index contributed by atoms with van der Waals surface area (Å²) >= 11 is 0. The predicted molar refractivity (Wildman–Crippen MR) is 101 cm³/mol. The van der Waals surface area contributed by atoms with E-state index in [0.29, 0.717) is 36.0 Å². The fraction of sp³-hybridized carbons (Fsp3) is 0.250. The van der Waals surface area contributed by atoms with Crippen molar-refractivity contribution < 1.29 is 28.6 Å². The third-order valence-corrected chi connectivity index (χ3v) is 3.86. The summed E-state index contributed by atoms with van der Waals surface area (Å²) in [6, 6.07) is 12.0. The van der Waals surface area contributed by atoms with E-state index >= 15 is 0 Å². The molecule has 2 aromatic carbocycles. The molecule has 8 heteroatoms. The van der Waals surface area contributed by atoms with Crippen LogP contribution in [0.25, 0.3) is 0 Å². The molecule has 0 saturated carbocycles. The van der Waals surface area contributed by atoms with E-state index in [2.05, 4.69) is 10.6 Å². The van der Waals surface area contributed by atoms with Crippen LogP contribution < -0.4 is 20.1 Å². The molecule has 8 nitrogen and oxygen atoms in total. The molecule has 0 saturated heterocycles. The van der Waals surface area contributed by atoms with Crippen molar-refractivity contribution in [2.75, 3.05) is 31.7 Å². The first-order valence-electron chi connectivity index (χ1n) is 8.71. The molecule has 1 heterocycles. The second-order valence-corrected chi connectivity index (χ2v) is 6.12. The lowest BCUT2D eigenvalue weighted by atomic mass is 10.1. The van der Waals surface area contributed by atoms with Crippen LogP contribution in [0.3, 0.4) is 0 Å². The zero-order valence-electron chi connectivity index (χ0n) is 15.3. The number of hydrogen-bond acceptors (Lipinski definition) is 6. The smallest absolute Gasteiger partial charge is 0.325 e. The maximum atomic E-state index is 12.0. The van der Waals surface area contributed by atoms with Gasteiger partial charge in [-0.2, -0.15) is 0 Å². The van der Waals surface area contributed by atoms with Crippen LogP contribution in [0.1, 0.15) is 15.9 Å². The fourth-order valence-electron chi connectivity index (χ4n) is 2.56. The van der Waals surface area contributed by atoms with Crippen molar-refractivity contribution in [2.24, 2.45) is 0 Å². The summed E-state index contributed by atoms with van der Waals surface area (Å²) in [5, 5.41) is 5.06. The van der Waals surface area contributed by atoms with Crippen LogP contribution in [0.15, 0.2) is 42.5 Å². The van der Waals surface area contributed by atoms with Gasteiger partial charge in [0, 0.05) is 17.3 Å². The van der Waals surface area contributed by atoms with Gasteiger partial charge in [0.1, 0.15) is 19.8 Å². The Morgan fingerprint density at radius 3 is 2.61 bits per heavy atom. The number of aryl methyl sites for hydroxylation is 1. The molecule has 2 N–H and O–H groups in total. The first-order chi connectivity index (χ1) is 13.5. The van der Waals surface area contributed by atoms with E-state index in [1.54, 1.807) is 36.4 Å². The summed E-state index contributed by atoms with van der Waals surface area (Å²) in [6.07, 6.45) is 0. The molecule has 2 amide bonds. The van der Waals surface area contributed by atoms with Crippen molar-refractivity contribution in [3.05, 3.63) is 53.6 Å². The average Bonchev–Trinajstić information content (AvgIpc) is 2.70. The Balaban J connectivity index is 1.41. The highest BCUT2D eigenvalue weighted by Gasteiger charge is 2.14. The summed E-state index contributed by atoms with van der Waals surface area (Å²) < 4.78 is 15.7. The number of rotatable bonds is 6. The van der Waals surface area contributed by atoms with E-state index in [1.165, 1.54) is 0 Å². The molecule has 0 atom stereocenters. The minimum atomic E-state index is -0.710. The van der Waals surface area contributed by atoms with Crippen molar-refractivity contribution >= 4 is 23.5 Å². The van der Waals surface area contributed by atoms with Crippen LogP contribution in [-0.2, 0) is 14.3 Å². The number of esters is 1. The standard InChI is InChI=1S/C20H20N2O6/c1-13-3-2-4-14(9-13)20(25)21-11-19(24)28-12-18(23)22-15-5-6-16-17(10-15)27-8-7-26-16/h2-6,9-10H,7-8,11-12H2,1H3,(H,21,25)(H,22,23). The van der Waals surface area contributed by atoms with Crippen LogP contribution in [0, 0.1) is 6.92 Å². The van der Waals surface area contributed by atoms with Crippen molar-refractivity contribution in [1.29, 1.82) is 0 Å². The molecular weight excluding hydrogens is 364 g/mol. The van der Waals surface area contributed by atoms with Crippen molar-refractivity contribution in [2.45, 2.75) is 6.92 Å². The van der Waals surface area contributed by atoms with Crippen molar-refractivity contribution in [1.82, 2.24) is 5.32 Å². The van der Waals surface area contributed by atoms with Gasteiger partial charge in [0.15, 0.2) is 18.1 Å². The SMILES string of the molecule is Cc1cccc(C(=O)NCC(=O)OCC(=O)Nc2ccc3c(c2)OCCO3)c1. The van der Waals surface area contributed by atoms with Crippen LogP contribution >= 0.6 is 0 Å². The summed E-state index contributed by atoms with van der Waals surface area (Å²) in [4.78, 5) is 35.7. The highest BCUT2D eigenvalue weighted by molar-refractivity contribution is 5.96. The summed E-state index contributed by atoms with van der Waals surface area (Å²) in [5.41, 5.74) is 1.88. The van der Waals surface area contributed by atoms with E-state index < -0.39 is 18.5 Å². The molecule has 0 bridgehead atoms. The second-order valence-electron chi connectivity index (χ2n) is 6.12. The lowest BCUT2D eigenvalue weighted by Gasteiger charge is -2.19. The Kier molecular flexibility index (Phi) is 6.11. The number of ether oxygens (including phenoxy) is 3. The minimum absolute atomic E-state index is 0.329. The number of carbonyl (C=O) groups is 3. The van der Waals surface area contributed by atoms with Gasteiger partial charge in [0.25, 0.3) is 11.8 Å². The molecule has 28 heavy (non-hydrogen) atoms. The molecular formula is C20H20N2O6. The topological polar surface area (TPSA) is 103 Å². The van der Waals surface area contributed by atoms with Gasteiger partial charge in [-0.15, -0.1) is 0 Å². The molecule has 0 radical (unpaired) electrons. The number of anilines is 1. The van der Waals surface area contributed by atoms with E-state index in [1.807, 2.05) is 13.0 Å². The minimum Gasteiger partial charge on any atom is -0.486 e. The zero-order chi connectivity index (χ0) is 19.9. The monoisotopic (exact) mass is 384 g/mol. The molecule has 0 unspecified atom stereocenters.